The maximum Gasteiger partial charge on any atom is 0.313 e. The minimum Gasteiger partial charge on any atom is -0.396 e. The Morgan fingerprint density at radius 3 is 2.80 bits per heavy atom. The van der Waals surface area contributed by atoms with Gasteiger partial charge in [0.25, 0.3) is 0 Å². The third-order valence-electron chi connectivity index (χ3n) is 3.23. The van der Waals surface area contributed by atoms with E-state index in [1.807, 2.05) is 0 Å². The Bertz CT molecular complexity index is 536. The van der Waals surface area contributed by atoms with E-state index in [1.54, 1.807) is 18.2 Å². The number of rotatable bonds is 2. The molecule has 5 nitrogen and oxygen atoms in total. The summed E-state index contributed by atoms with van der Waals surface area (Å²) in [6.45, 7) is 0.887. The molecular weight excluding hydrogens is 303 g/mol. The highest BCUT2D eigenvalue weighted by atomic mass is 35.5. The summed E-state index contributed by atoms with van der Waals surface area (Å²) < 4.78 is 0. The first-order valence-electron chi connectivity index (χ1n) is 6.18. The molecule has 1 heterocycles. The standard InChI is InChI=1S/C13H14Cl2N2O3/c14-9-2-1-3-10(11(9)15)16-12(19)13(20)17-5-4-8(6-17)7-18/h1-3,8,18H,4-7H2,(H,16,19). The average molecular weight is 317 g/mol. The van der Waals surface area contributed by atoms with Crippen molar-refractivity contribution in [1.82, 2.24) is 4.90 Å². The molecular formula is C13H14Cl2N2O3. The van der Waals surface area contributed by atoms with Gasteiger partial charge >= 0.3 is 11.8 Å². The highest BCUT2D eigenvalue weighted by Crippen LogP contribution is 2.29. The number of aliphatic hydroxyl groups excluding tert-OH is 1. The number of nitrogens with one attached hydrogen (secondary N) is 1. The number of amides is 2. The summed E-state index contributed by atoms with van der Waals surface area (Å²) in [7, 11) is 0. The second-order valence-electron chi connectivity index (χ2n) is 4.64. The number of benzene rings is 1. The summed E-state index contributed by atoms with van der Waals surface area (Å²) in [5.41, 5.74) is 0.301. The lowest BCUT2D eigenvalue weighted by Crippen LogP contribution is -2.38. The molecule has 0 radical (unpaired) electrons. The van der Waals surface area contributed by atoms with E-state index in [0.29, 0.717) is 30.2 Å². The van der Waals surface area contributed by atoms with Gasteiger partial charge < -0.3 is 15.3 Å². The van der Waals surface area contributed by atoms with Crippen LogP contribution in [-0.2, 0) is 9.59 Å². The van der Waals surface area contributed by atoms with Crippen LogP contribution in [-0.4, -0.2) is 41.5 Å². The Morgan fingerprint density at radius 2 is 2.15 bits per heavy atom. The van der Waals surface area contributed by atoms with Crippen LogP contribution in [0.4, 0.5) is 5.69 Å². The van der Waals surface area contributed by atoms with Gasteiger partial charge in [-0.1, -0.05) is 29.3 Å². The lowest BCUT2D eigenvalue weighted by molar-refractivity contribution is -0.142. The quantitative estimate of drug-likeness (QED) is 0.817. The third-order valence-corrected chi connectivity index (χ3v) is 4.04. The van der Waals surface area contributed by atoms with Crippen LogP contribution < -0.4 is 5.32 Å². The highest BCUT2D eigenvalue weighted by molar-refractivity contribution is 6.45. The van der Waals surface area contributed by atoms with Gasteiger partial charge in [-0.05, 0) is 18.6 Å². The topological polar surface area (TPSA) is 69.6 Å². The smallest absolute Gasteiger partial charge is 0.313 e. The monoisotopic (exact) mass is 316 g/mol. The molecule has 0 saturated carbocycles. The Labute approximate surface area is 126 Å². The number of hydrogen-bond acceptors (Lipinski definition) is 3. The van der Waals surface area contributed by atoms with Crippen molar-refractivity contribution in [2.24, 2.45) is 5.92 Å². The normalized spacial score (nSPS) is 18.1. The van der Waals surface area contributed by atoms with Gasteiger partial charge in [0.2, 0.25) is 0 Å². The van der Waals surface area contributed by atoms with Crippen LogP contribution in [0.25, 0.3) is 0 Å². The number of hydrogen-bond donors (Lipinski definition) is 2. The van der Waals surface area contributed by atoms with Gasteiger partial charge in [0, 0.05) is 25.6 Å². The molecule has 0 spiro atoms. The van der Waals surface area contributed by atoms with Gasteiger partial charge in [-0.3, -0.25) is 9.59 Å². The molecule has 2 amide bonds. The van der Waals surface area contributed by atoms with Crippen molar-refractivity contribution in [3.63, 3.8) is 0 Å². The highest BCUT2D eigenvalue weighted by Gasteiger charge is 2.29. The Kier molecular flexibility index (Phi) is 4.86. The van der Waals surface area contributed by atoms with Crippen LogP contribution in [0.5, 0.6) is 0 Å². The molecule has 2 N–H and O–H groups in total. The Balaban J connectivity index is 2.01. The predicted octanol–water partition coefficient (Wildman–Crippen LogP) is 1.77. The van der Waals surface area contributed by atoms with Gasteiger partial charge in [-0.25, -0.2) is 0 Å². The molecule has 1 atom stereocenters. The molecule has 0 aromatic heterocycles. The molecule has 108 valence electrons. The molecule has 1 unspecified atom stereocenters. The minimum atomic E-state index is -0.757. The number of nitrogens with zero attached hydrogens (tertiary/aromatic N) is 1. The summed E-state index contributed by atoms with van der Waals surface area (Å²) in [5.74, 6) is -1.34. The van der Waals surface area contributed by atoms with Gasteiger partial charge in [0.05, 0.1) is 15.7 Å². The summed E-state index contributed by atoms with van der Waals surface area (Å²) in [4.78, 5) is 25.3. The van der Waals surface area contributed by atoms with E-state index in [1.165, 1.54) is 4.90 Å². The number of carbonyl (C=O) groups is 2. The van der Waals surface area contributed by atoms with Crippen LogP contribution in [0.3, 0.4) is 0 Å². The second-order valence-corrected chi connectivity index (χ2v) is 5.43. The maximum atomic E-state index is 12.0. The zero-order valence-electron chi connectivity index (χ0n) is 10.6. The van der Waals surface area contributed by atoms with E-state index < -0.39 is 11.8 Å². The lowest BCUT2D eigenvalue weighted by Gasteiger charge is -2.16. The molecule has 0 aliphatic carbocycles. The van der Waals surface area contributed by atoms with Crippen molar-refractivity contribution in [1.29, 1.82) is 0 Å². The molecule has 1 saturated heterocycles. The summed E-state index contributed by atoms with van der Waals surface area (Å²) in [5, 5.41) is 12.0. The number of halogens is 2. The molecule has 1 aliphatic heterocycles. The minimum absolute atomic E-state index is 0.0194. The van der Waals surface area contributed by atoms with Crippen LogP contribution >= 0.6 is 23.2 Å². The number of anilines is 1. The first-order valence-corrected chi connectivity index (χ1v) is 6.93. The molecule has 1 aromatic rings. The number of likely N-dealkylation sites (tertiary alicyclic amines) is 1. The van der Waals surface area contributed by atoms with E-state index in [4.69, 9.17) is 28.3 Å². The molecule has 1 fully saturated rings. The van der Waals surface area contributed by atoms with Gasteiger partial charge in [0.15, 0.2) is 0 Å². The molecule has 0 bridgehead atoms. The SMILES string of the molecule is O=C(Nc1cccc(Cl)c1Cl)C(=O)N1CCC(CO)C1. The van der Waals surface area contributed by atoms with E-state index >= 15 is 0 Å². The average Bonchev–Trinajstić information content (AvgIpc) is 2.91. The van der Waals surface area contributed by atoms with Crippen molar-refractivity contribution < 1.29 is 14.7 Å². The zero-order chi connectivity index (χ0) is 14.7. The van der Waals surface area contributed by atoms with E-state index in [0.717, 1.165) is 0 Å². The maximum absolute atomic E-state index is 12.0. The lowest BCUT2D eigenvalue weighted by atomic mass is 10.1. The van der Waals surface area contributed by atoms with Crippen LogP contribution in [0.15, 0.2) is 18.2 Å². The largest absolute Gasteiger partial charge is 0.396 e. The van der Waals surface area contributed by atoms with Crippen molar-refractivity contribution >= 4 is 40.7 Å². The zero-order valence-corrected chi connectivity index (χ0v) is 12.1. The van der Waals surface area contributed by atoms with E-state index in [2.05, 4.69) is 5.32 Å². The van der Waals surface area contributed by atoms with E-state index in [9.17, 15) is 9.59 Å². The van der Waals surface area contributed by atoms with Crippen molar-refractivity contribution in [3.8, 4) is 0 Å². The molecule has 7 heteroatoms. The summed E-state index contributed by atoms with van der Waals surface area (Å²) >= 11 is 11.8. The van der Waals surface area contributed by atoms with E-state index in [-0.39, 0.29) is 17.5 Å². The third kappa shape index (κ3) is 3.23. The van der Waals surface area contributed by atoms with Gasteiger partial charge in [0.1, 0.15) is 0 Å². The van der Waals surface area contributed by atoms with Crippen LogP contribution in [0, 0.1) is 5.92 Å². The Hall–Kier alpha value is -1.30. The fourth-order valence-electron chi connectivity index (χ4n) is 2.09. The molecule has 1 aromatic carbocycles. The van der Waals surface area contributed by atoms with Crippen LogP contribution in [0.1, 0.15) is 6.42 Å². The number of aliphatic hydroxyl groups is 1. The summed E-state index contributed by atoms with van der Waals surface area (Å²) in [6, 6.07) is 4.79. The number of carbonyl (C=O) groups excluding carboxylic acids is 2. The molecule has 20 heavy (non-hydrogen) atoms. The fourth-order valence-corrected chi connectivity index (χ4v) is 2.43. The fraction of sp³-hybridized carbons (Fsp3) is 0.385. The van der Waals surface area contributed by atoms with Crippen molar-refractivity contribution in [2.75, 3.05) is 25.0 Å². The van der Waals surface area contributed by atoms with Crippen molar-refractivity contribution in [3.05, 3.63) is 28.2 Å². The Morgan fingerprint density at radius 1 is 1.40 bits per heavy atom. The first kappa shape index (κ1) is 15.1. The van der Waals surface area contributed by atoms with Gasteiger partial charge in [-0.2, -0.15) is 0 Å². The first-order chi connectivity index (χ1) is 9.52. The molecule has 1 aliphatic rings. The van der Waals surface area contributed by atoms with Gasteiger partial charge in [-0.15, -0.1) is 0 Å². The van der Waals surface area contributed by atoms with Crippen LogP contribution in [0.2, 0.25) is 10.0 Å². The molecule has 2 rings (SSSR count). The summed E-state index contributed by atoms with van der Waals surface area (Å²) in [6.07, 6.45) is 0.702. The second kappa shape index (κ2) is 6.43. The van der Waals surface area contributed by atoms with Crippen molar-refractivity contribution in [2.45, 2.75) is 6.42 Å². The predicted molar refractivity (Wildman–Crippen MR) is 76.9 cm³/mol.